The fourth-order valence-corrected chi connectivity index (χ4v) is 2.65. The van der Waals surface area contributed by atoms with E-state index in [1.807, 2.05) is 18.3 Å². The Morgan fingerprint density at radius 3 is 3.30 bits per heavy atom. The third-order valence-electron chi connectivity index (χ3n) is 3.71. The second-order valence-corrected chi connectivity index (χ2v) is 4.99. The Labute approximate surface area is 116 Å². The van der Waals surface area contributed by atoms with Crippen molar-refractivity contribution in [2.75, 3.05) is 11.9 Å². The second-order valence-electron chi connectivity index (χ2n) is 4.99. The van der Waals surface area contributed by atoms with Gasteiger partial charge in [0.1, 0.15) is 11.4 Å². The van der Waals surface area contributed by atoms with Crippen LogP contribution in [0.2, 0.25) is 0 Å². The average molecular weight is 265 g/mol. The first-order valence-electron chi connectivity index (χ1n) is 6.81. The van der Waals surface area contributed by atoms with E-state index in [1.165, 1.54) is 16.5 Å². The molecule has 0 amide bonds. The van der Waals surface area contributed by atoms with Crippen LogP contribution in [0.3, 0.4) is 0 Å². The molecule has 2 aromatic heterocycles. The first-order chi connectivity index (χ1) is 9.90. The summed E-state index contributed by atoms with van der Waals surface area (Å²) in [5.74, 6) is 1.02. The predicted molar refractivity (Wildman–Crippen MR) is 79.1 cm³/mol. The SMILES string of the molecule is c1cnc2[nH]cc(CNc3ccc4c(c3)CCO4)c2c1. The lowest BCUT2D eigenvalue weighted by Crippen LogP contribution is -1.98. The van der Waals surface area contributed by atoms with Gasteiger partial charge >= 0.3 is 0 Å². The third kappa shape index (κ3) is 1.90. The molecule has 1 aliphatic heterocycles. The first kappa shape index (κ1) is 11.3. The molecule has 0 unspecified atom stereocenters. The molecule has 0 spiro atoms. The van der Waals surface area contributed by atoms with E-state index in [1.54, 1.807) is 6.20 Å². The molecule has 1 aromatic carbocycles. The molecule has 4 nitrogen and oxygen atoms in total. The van der Waals surface area contributed by atoms with Crippen LogP contribution in [0.4, 0.5) is 5.69 Å². The number of fused-ring (bicyclic) bond motifs is 2. The smallest absolute Gasteiger partial charge is 0.137 e. The molecule has 0 saturated heterocycles. The maximum absolute atomic E-state index is 5.52. The molecular formula is C16H15N3O. The van der Waals surface area contributed by atoms with Crippen molar-refractivity contribution in [2.24, 2.45) is 0 Å². The Bertz CT molecular complexity index is 763. The molecule has 0 atom stereocenters. The van der Waals surface area contributed by atoms with Gasteiger partial charge in [0.05, 0.1) is 6.61 Å². The molecule has 2 N–H and O–H groups in total. The maximum Gasteiger partial charge on any atom is 0.137 e. The number of anilines is 1. The Hall–Kier alpha value is -2.49. The highest BCUT2D eigenvalue weighted by Gasteiger charge is 2.12. The molecule has 3 aromatic rings. The van der Waals surface area contributed by atoms with Crippen molar-refractivity contribution >= 4 is 16.7 Å². The number of benzene rings is 1. The van der Waals surface area contributed by atoms with Gasteiger partial charge in [-0.1, -0.05) is 0 Å². The van der Waals surface area contributed by atoms with Gasteiger partial charge in [-0.05, 0) is 41.5 Å². The molecule has 20 heavy (non-hydrogen) atoms. The minimum Gasteiger partial charge on any atom is -0.493 e. The number of aromatic amines is 1. The van der Waals surface area contributed by atoms with Crippen molar-refractivity contribution in [3.05, 3.63) is 53.9 Å². The van der Waals surface area contributed by atoms with Gasteiger partial charge < -0.3 is 15.0 Å². The van der Waals surface area contributed by atoms with Crippen molar-refractivity contribution in [2.45, 2.75) is 13.0 Å². The summed E-state index contributed by atoms with van der Waals surface area (Å²) in [7, 11) is 0. The highest BCUT2D eigenvalue weighted by Crippen LogP contribution is 2.28. The van der Waals surface area contributed by atoms with E-state index in [2.05, 4.69) is 33.5 Å². The third-order valence-corrected chi connectivity index (χ3v) is 3.71. The normalized spacial score (nSPS) is 13.2. The van der Waals surface area contributed by atoms with Gasteiger partial charge in [0, 0.05) is 36.4 Å². The van der Waals surface area contributed by atoms with Crippen molar-refractivity contribution in [3.63, 3.8) is 0 Å². The molecule has 4 heteroatoms. The summed E-state index contributed by atoms with van der Waals surface area (Å²) in [6.45, 7) is 1.58. The second kappa shape index (κ2) is 4.56. The topological polar surface area (TPSA) is 49.9 Å². The average Bonchev–Trinajstić information content (AvgIpc) is 3.11. The van der Waals surface area contributed by atoms with Gasteiger partial charge in [0.25, 0.3) is 0 Å². The lowest BCUT2D eigenvalue weighted by atomic mass is 10.1. The molecule has 3 heterocycles. The number of aromatic nitrogens is 2. The summed E-state index contributed by atoms with van der Waals surface area (Å²) in [5.41, 5.74) is 4.58. The molecule has 0 aliphatic carbocycles. The van der Waals surface area contributed by atoms with E-state index in [4.69, 9.17) is 4.74 Å². The van der Waals surface area contributed by atoms with Gasteiger partial charge in [-0.25, -0.2) is 4.98 Å². The number of H-pyrrole nitrogens is 1. The lowest BCUT2D eigenvalue weighted by molar-refractivity contribution is 0.357. The van der Waals surface area contributed by atoms with Crippen molar-refractivity contribution in [3.8, 4) is 5.75 Å². The zero-order valence-corrected chi connectivity index (χ0v) is 11.0. The molecule has 0 saturated carbocycles. The summed E-state index contributed by atoms with van der Waals surface area (Å²) in [4.78, 5) is 7.50. The van der Waals surface area contributed by atoms with Gasteiger partial charge in [0.15, 0.2) is 0 Å². The summed E-state index contributed by atoms with van der Waals surface area (Å²) in [5, 5.41) is 4.64. The minimum absolute atomic E-state index is 0.783. The molecule has 0 radical (unpaired) electrons. The largest absolute Gasteiger partial charge is 0.493 e. The summed E-state index contributed by atoms with van der Waals surface area (Å²) >= 11 is 0. The van der Waals surface area contributed by atoms with Crippen LogP contribution in [0, 0.1) is 0 Å². The molecule has 0 fully saturated rings. The van der Waals surface area contributed by atoms with Crippen LogP contribution in [0.15, 0.2) is 42.7 Å². The van der Waals surface area contributed by atoms with Gasteiger partial charge in [-0.3, -0.25) is 0 Å². The first-order valence-corrected chi connectivity index (χ1v) is 6.81. The summed E-state index contributed by atoms with van der Waals surface area (Å²) < 4.78 is 5.52. The van der Waals surface area contributed by atoms with Crippen LogP contribution < -0.4 is 10.1 Å². The van der Waals surface area contributed by atoms with Crippen molar-refractivity contribution < 1.29 is 4.74 Å². The quantitative estimate of drug-likeness (QED) is 0.765. The van der Waals surface area contributed by atoms with Gasteiger partial charge in [-0.2, -0.15) is 0 Å². The standard InChI is InChI=1S/C16H15N3O/c1-2-14-12(10-19-16(14)17-6-1)9-18-13-3-4-15-11(8-13)5-7-20-15/h1-4,6,8,10,18H,5,7,9H2,(H,17,19). The van der Waals surface area contributed by atoms with Crippen LogP contribution in [0.25, 0.3) is 11.0 Å². The molecule has 4 rings (SSSR count). The summed E-state index contributed by atoms with van der Waals surface area (Å²) in [6.07, 6.45) is 4.82. The van der Waals surface area contributed by atoms with Crippen molar-refractivity contribution in [1.82, 2.24) is 9.97 Å². The van der Waals surface area contributed by atoms with Gasteiger partial charge in [0.2, 0.25) is 0 Å². The van der Waals surface area contributed by atoms with Crippen LogP contribution in [-0.2, 0) is 13.0 Å². The maximum atomic E-state index is 5.52. The number of pyridine rings is 1. The Kier molecular flexibility index (Phi) is 2.59. The fourth-order valence-electron chi connectivity index (χ4n) is 2.65. The minimum atomic E-state index is 0.783. The van der Waals surface area contributed by atoms with Gasteiger partial charge in [-0.15, -0.1) is 0 Å². The van der Waals surface area contributed by atoms with E-state index in [0.29, 0.717) is 0 Å². The van der Waals surface area contributed by atoms with Crippen LogP contribution in [0.1, 0.15) is 11.1 Å². The Morgan fingerprint density at radius 2 is 2.30 bits per heavy atom. The monoisotopic (exact) mass is 265 g/mol. The van der Waals surface area contributed by atoms with E-state index >= 15 is 0 Å². The fraction of sp³-hybridized carbons (Fsp3) is 0.188. The van der Waals surface area contributed by atoms with Crippen LogP contribution in [-0.4, -0.2) is 16.6 Å². The number of nitrogens with zero attached hydrogens (tertiary/aromatic N) is 1. The number of ether oxygens (including phenoxy) is 1. The van der Waals surface area contributed by atoms with Crippen LogP contribution in [0.5, 0.6) is 5.75 Å². The van der Waals surface area contributed by atoms with Crippen LogP contribution >= 0.6 is 0 Å². The van der Waals surface area contributed by atoms with E-state index in [0.717, 1.165) is 36.7 Å². The molecular weight excluding hydrogens is 250 g/mol. The zero-order chi connectivity index (χ0) is 13.4. The Morgan fingerprint density at radius 1 is 1.30 bits per heavy atom. The number of nitrogens with one attached hydrogen (secondary N) is 2. The lowest BCUT2D eigenvalue weighted by Gasteiger charge is -2.07. The number of rotatable bonds is 3. The zero-order valence-electron chi connectivity index (χ0n) is 11.0. The highest BCUT2D eigenvalue weighted by molar-refractivity contribution is 5.79. The highest BCUT2D eigenvalue weighted by atomic mass is 16.5. The molecule has 1 aliphatic rings. The predicted octanol–water partition coefficient (Wildman–Crippen LogP) is 3.11. The molecule has 100 valence electrons. The van der Waals surface area contributed by atoms with E-state index in [9.17, 15) is 0 Å². The van der Waals surface area contributed by atoms with E-state index in [-0.39, 0.29) is 0 Å². The molecule has 0 bridgehead atoms. The summed E-state index contributed by atoms with van der Waals surface area (Å²) in [6, 6.07) is 10.3. The number of hydrogen-bond acceptors (Lipinski definition) is 3. The number of hydrogen-bond donors (Lipinski definition) is 2. The van der Waals surface area contributed by atoms with Crippen molar-refractivity contribution in [1.29, 1.82) is 0 Å². The van der Waals surface area contributed by atoms with E-state index < -0.39 is 0 Å². The Balaban J connectivity index is 1.55.